The fraction of sp³-hybridized carbons (Fsp3) is 0.938. The third kappa shape index (κ3) is 3.92. The van der Waals surface area contributed by atoms with E-state index in [4.69, 9.17) is 4.74 Å². The number of amides is 1. The Morgan fingerprint density at radius 3 is 2.29 bits per heavy atom. The van der Waals surface area contributed by atoms with Gasteiger partial charge in [0, 0.05) is 39.3 Å². The molecule has 0 spiro atoms. The molecule has 8 heteroatoms. The Hall–Kier alpha value is -0.700. The highest BCUT2D eigenvalue weighted by atomic mass is 32.2. The average molecular weight is 359 g/mol. The number of rotatable bonds is 3. The minimum absolute atomic E-state index is 0.0884. The molecular weight excluding hydrogens is 330 g/mol. The van der Waals surface area contributed by atoms with Crippen molar-refractivity contribution < 1.29 is 17.9 Å². The van der Waals surface area contributed by atoms with E-state index in [0.29, 0.717) is 58.4 Å². The molecule has 3 rings (SSSR count). The van der Waals surface area contributed by atoms with Crippen LogP contribution in [0.25, 0.3) is 0 Å². The van der Waals surface area contributed by atoms with E-state index in [-0.39, 0.29) is 11.8 Å². The van der Waals surface area contributed by atoms with E-state index >= 15 is 0 Å². The number of piperidine rings is 2. The summed E-state index contributed by atoms with van der Waals surface area (Å²) in [7, 11) is -3.43. The molecule has 0 aromatic heterocycles. The van der Waals surface area contributed by atoms with Crippen LogP contribution in [0.2, 0.25) is 0 Å². The predicted octanol–water partition coefficient (Wildman–Crippen LogP) is 0.534. The van der Waals surface area contributed by atoms with Gasteiger partial charge in [-0.1, -0.05) is 6.92 Å². The van der Waals surface area contributed by atoms with Crippen LogP contribution in [-0.4, -0.2) is 80.3 Å². The molecule has 0 radical (unpaired) electrons. The standard InChI is InChI=1S/C16H29N3O4S/c1-14-4-7-18(8-5-14)24(21,22)19-6-2-3-15(13-19)16(20)17-9-11-23-12-10-17/h14-15H,2-13H2,1H3. The zero-order valence-electron chi connectivity index (χ0n) is 14.5. The van der Waals surface area contributed by atoms with Crippen LogP contribution >= 0.6 is 0 Å². The van der Waals surface area contributed by atoms with E-state index in [2.05, 4.69) is 6.92 Å². The Kier molecular flexibility index (Phi) is 5.79. The first-order valence-electron chi connectivity index (χ1n) is 9.10. The minimum atomic E-state index is -3.43. The van der Waals surface area contributed by atoms with E-state index < -0.39 is 10.2 Å². The van der Waals surface area contributed by atoms with Gasteiger partial charge in [-0.05, 0) is 31.6 Å². The summed E-state index contributed by atoms with van der Waals surface area (Å²) in [6.45, 7) is 6.61. The Bertz CT molecular complexity index is 540. The fourth-order valence-electron chi connectivity index (χ4n) is 3.77. The van der Waals surface area contributed by atoms with Crippen molar-refractivity contribution in [1.82, 2.24) is 13.5 Å². The molecule has 3 fully saturated rings. The first-order valence-corrected chi connectivity index (χ1v) is 10.5. The lowest BCUT2D eigenvalue weighted by molar-refractivity contribution is -0.140. The van der Waals surface area contributed by atoms with E-state index in [1.54, 1.807) is 4.31 Å². The Morgan fingerprint density at radius 1 is 0.958 bits per heavy atom. The predicted molar refractivity (Wildman–Crippen MR) is 90.6 cm³/mol. The summed E-state index contributed by atoms with van der Waals surface area (Å²) in [4.78, 5) is 14.5. The summed E-state index contributed by atoms with van der Waals surface area (Å²) in [5, 5.41) is 0. The molecule has 0 bridgehead atoms. The molecular formula is C16H29N3O4S. The molecule has 3 aliphatic heterocycles. The maximum Gasteiger partial charge on any atom is 0.281 e. The molecule has 138 valence electrons. The lowest BCUT2D eigenvalue weighted by Crippen LogP contribution is -2.53. The molecule has 24 heavy (non-hydrogen) atoms. The highest BCUT2D eigenvalue weighted by molar-refractivity contribution is 7.86. The van der Waals surface area contributed by atoms with Crippen LogP contribution in [0.5, 0.6) is 0 Å². The highest BCUT2D eigenvalue weighted by Crippen LogP contribution is 2.26. The average Bonchev–Trinajstić information content (AvgIpc) is 2.62. The summed E-state index contributed by atoms with van der Waals surface area (Å²) >= 11 is 0. The summed E-state index contributed by atoms with van der Waals surface area (Å²) < 4.78 is 34.2. The van der Waals surface area contributed by atoms with Crippen molar-refractivity contribution >= 4 is 16.1 Å². The number of ether oxygens (including phenoxy) is 1. The largest absolute Gasteiger partial charge is 0.378 e. The molecule has 1 amide bonds. The van der Waals surface area contributed by atoms with Crippen LogP contribution in [-0.2, 0) is 19.7 Å². The summed E-state index contributed by atoms with van der Waals surface area (Å²) in [5.74, 6) is 0.467. The highest BCUT2D eigenvalue weighted by Gasteiger charge is 2.38. The van der Waals surface area contributed by atoms with Crippen LogP contribution < -0.4 is 0 Å². The molecule has 1 unspecified atom stereocenters. The topological polar surface area (TPSA) is 70.2 Å². The smallest absolute Gasteiger partial charge is 0.281 e. The van der Waals surface area contributed by atoms with Gasteiger partial charge in [-0.15, -0.1) is 0 Å². The number of nitrogens with zero attached hydrogens (tertiary/aromatic N) is 3. The van der Waals surface area contributed by atoms with Gasteiger partial charge in [0.15, 0.2) is 0 Å². The van der Waals surface area contributed by atoms with Gasteiger partial charge in [0.25, 0.3) is 10.2 Å². The normalized spacial score (nSPS) is 28.9. The van der Waals surface area contributed by atoms with Crippen molar-refractivity contribution in [2.75, 3.05) is 52.5 Å². The van der Waals surface area contributed by atoms with E-state index in [0.717, 1.165) is 25.7 Å². The van der Waals surface area contributed by atoms with Gasteiger partial charge in [-0.3, -0.25) is 4.79 Å². The molecule has 0 aromatic carbocycles. The number of carbonyl (C=O) groups is 1. The molecule has 3 heterocycles. The van der Waals surface area contributed by atoms with Gasteiger partial charge in [0.1, 0.15) is 0 Å². The Balaban J connectivity index is 1.63. The monoisotopic (exact) mass is 359 g/mol. The molecule has 0 saturated carbocycles. The number of morpholine rings is 1. The van der Waals surface area contributed by atoms with E-state index in [9.17, 15) is 13.2 Å². The van der Waals surface area contributed by atoms with Crippen LogP contribution in [0.4, 0.5) is 0 Å². The van der Waals surface area contributed by atoms with Gasteiger partial charge in [-0.2, -0.15) is 17.0 Å². The van der Waals surface area contributed by atoms with Crippen molar-refractivity contribution in [3.05, 3.63) is 0 Å². The second-order valence-electron chi connectivity index (χ2n) is 7.22. The summed E-state index contributed by atoms with van der Waals surface area (Å²) in [6, 6.07) is 0. The lowest BCUT2D eigenvalue weighted by Gasteiger charge is -2.39. The van der Waals surface area contributed by atoms with Crippen LogP contribution in [0.1, 0.15) is 32.6 Å². The molecule has 0 aromatic rings. The Morgan fingerprint density at radius 2 is 1.62 bits per heavy atom. The molecule has 3 aliphatic rings. The maximum absolute atomic E-state index is 12.9. The quantitative estimate of drug-likeness (QED) is 0.737. The first kappa shape index (κ1) is 18.1. The fourth-order valence-corrected chi connectivity index (χ4v) is 5.50. The van der Waals surface area contributed by atoms with Crippen LogP contribution in [0.15, 0.2) is 0 Å². The van der Waals surface area contributed by atoms with Gasteiger partial charge < -0.3 is 9.64 Å². The SMILES string of the molecule is CC1CCN(S(=O)(=O)N2CCCC(C(=O)N3CCOCC3)C2)CC1. The Labute approximate surface area is 145 Å². The zero-order chi connectivity index (χ0) is 17.2. The van der Waals surface area contributed by atoms with Gasteiger partial charge in [0.05, 0.1) is 19.1 Å². The number of hydrogen-bond donors (Lipinski definition) is 0. The van der Waals surface area contributed by atoms with Gasteiger partial charge in [-0.25, -0.2) is 0 Å². The van der Waals surface area contributed by atoms with Gasteiger partial charge >= 0.3 is 0 Å². The third-order valence-corrected chi connectivity index (χ3v) is 7.45. The van der Waals surface area contributed by atoms with Crippen molar-refractivity contribution in [1.29, 1.82) is 0 Å². The molecule has 0 aliphatic carbocycles. The number of carbonyl (C=O) groups excluding carboxylic acids is 1. The zero-order valence-corrected chi connectivity index (χ0v) is 15.3. The van der Waals surface area contributed by atoms with Gasteiger partial charge in [0.2, 0.25) is 5.91 Å². The first-order chi connectivity index (χ1) is 11.5. The van der Waals surface area contributed by atoms with Crippen molar-refractivity contribution in [2.24, 2.45) is 11.8 Å². The minimum Gasteiger partial charge on any atom is -0.378 e. The van der Waals surface area contributed by atoms with Crippen LogP contribution in [0.3, 0.4) is 0 Å². The molecule has 1 atom stereocenters. The molecule has 7 nitrogen and oxygen atoms in total. The van der Waals surface area contributed by atoms with Crippen molar-refractivity contribution in [2.45, 2.75) is 32.6 Å². The van der Waals surface area contributed by atoms with E-state index in [1.165, 1.54) is 4.31 Å². The second-order valence-corrected chi connectivity index (χ2v) is 9.15. The lowest BCUT2D eigenvalue weighted by atomic mass is 9.98. The maximum atomic E-state index is 12.9. The van der Waals surface area contributed by atoms with Crippen molar-refractivity contribution in [3.8, 4) is 0 Å². The summed E-state index contributed by atoms with van der Waals surface area (Å²) in [6.07, 6.45) is 3.37. The van der Waals surface area contributed by atoms with Crippen LogP contribution in [0, 0.1) is 11.8 Å². The number of hydrogen-bond acceptors (Lipinski definition) is 4. The van der Waals surface area contributed by atoms with E-state index in [1.807, 2.05) is 4.90 Å². The molecule has 0 N–H and O–H groups in total. The molecule has 3 saturated heterocycles. The second kappa shape index (κ2) is 7.68. The van der Waals surface area contributed by atoms with Crippen molar-refractivity contribution in [3.63, 3.8) is 0 Å². The third-order valence-electron chi connectivity index (χ3n) is 5.45. The summed E-state index contributed by atoms with van der Waals surface area (Å²) in [5.41, 5.74) is 0.